The minimum Gasteiger partial charge on any atom is -0.438 e. The molecule has 1 aliphatic rings. The Morgan fingerprint density at radius 1 is 1.21 bits per heavy atom. The molecule has 0 radical (unpaired) electrons. The van der Waals surface area contributed by atoms with Crippen LogP contribution in [0.5, 0.6) is 0 Å². The number of fused-ring (bicyclic) bond motifs is 1. The SMILES string of the molecule is CC(C)(C)CC(=O)N1CCC[C@@H]1c1nc2cc(-c3ccc(F)cc3F)ccc2o1. The second-order valence-corrected chi connectivity index (χ2v) is 8.84. The van der Waals surface area contributed by atoms with Crippen molar-refractivity contribution in [3.8, 4) is 11.1 Å². The molecule has 0 bridgehead atoms. The molecule has 152 valence electrons. The first-order chi connectivity index (χ1) is 13.7. The molecule has 0 aliphatic carbocycles. The highest BCUT2D eigenvalue weighted by Gasteiger charge is 2.34. The zero-order valence-corrected chi connectivity index (χ0v) is 16.8. The number of halogens is 2. The van der Waals surface area contributed by atoms with E-state index in [0.717, 1.165) is 18.9 Å². The van der Waals surface area contributed by atoms with Gasteiger partial charge >= 0.3 is 0 Å². The zero-order chi connectivity index (χ0) is 20.8. The zero-order valence-electron chi connectivity index (χ0n) is 16.8. The van der Waals surface area contributed by atoms with Gasteiger partial charge in [0.2, 0.25) is 11.8 Å². The van der Waals surface area contributed by atoms with Crippen molar-refractivity contribution in [1.82, 2.24) is 9.88 Å². The van der Waals surface area contributed by atoms with Crippen molar-refractivity contribution in [2.24, 2.45) is 5.41 Å². The van der Waals surface area contributed by atoms with Crippen LogP contribution in [-0.4, -0.2) is 22.3 Å². The minimum atomic E-state index is -0.622. The highest BCUT2D eigenvalue weighted by molar-refractivity contribution is 5.81. The molecule has 29 heavy (non-hydrogen) atoms. The first-order valence-corrected chi connectivity index (χ1v) is 9.87. The largest absolute Gasteiger partial charge is 0.438 e. The van der Waals surface area contributed by atoms with E-state index >= 15 is 0 Å². The second kappa shape index (κ2) is 7.25. The smallest absolute Gasteiger partial charge is 0.223 e. The molecule has 0 unspecified atom stereocenters. The third-order valence-electron chi connectivity index (χ3n) is 5.19. The van der Waals surface area contributed by atoms with Crippen molar-refractivity contribution in [1.29, 1.82) is 0 Å². The van der Waals surface area contributed by atoms with Gasteiger partial charge in [-0.3, -0.25) is 4.79 Å². The summed E-state index contributed by atoms with van der Waals surface area (Å²) < 4.78 is 33.3. The van der Waals surface area contributed by atoms with Crippen LogP contribution in [0.2, 0.25) is 0 Å². The fraction of sp³-hybridized carbons (Fsp3) is 0.391. The van der Waals surface area contributed by atoms with Crippen LogP contribution in [0.15, 0.2) is 40.8 Å². The maximum atomic E-state index is 14.1. The molecule has 1 saturated heterocycles. The van der Waals surface area contributed by atoms with Crippen LogP contribution in [0.3, 0.4) is 0 Å². The van der Waals surface area contributed by atoms with E-state index in [0.29, 0.717) is 41.1 Å². The summed E-state index contributed by atoms with van der Waals surface area (Å²) in [5.41, 5.74) is 2.00. The topological polar surface area (TPSA) is 46.3 Å². The van der Waals surface area contributed by atoms with Crippen molar-refractivity contribution in [3.05, 3.63) is 53.9 Å². The number of nitrogens with zero attached hydrogens (tertiary/aromatic N) is 2. The van der Waals surface area contributed by atoms with E-state index in [2.05, 4.69) is 4.98 Å². The molecule has 6 heteroatoms. The normalized spacial score (nSPS) is 17.3. The number of carbonyl (C=O) groups excluding carboxylic acids is 1. The van der Waals surface area contributed by atoms with E-state index in [-0.39, 0.29) is 17.4 Å². The Kier molecular flexibility index (Phi) is 4.89. The van der Waals surface area contributed by atoms with E-state index in [1.165, 1.54) is 12.1 Å². The summed E-state index contributed by atoms with van der Waals surface area (Å²) in [5.74, 6) is -0.618. The molecule has 1 aliphatic heterocycles. The first-order valence-electron chi connectivity index (χ1n) is 9.87. The van der Waals surface area contributed by atoms with E-state index in [1.54, 1.807) is 18.2 Å². The molecule has 0 spiro atoms. The lowest BCUT2D eigenvalue weighted by Crippen LogP contribution is -2.33. The standard InChI is InChI=1S/C23H24F2N2O2/c1-23(2,3)13-21(28)27-10-4-5-19(27)22-26-18-11-14(6-9-20(18)29-22)16-8-7-15(24)12-17(16)25/h6-9,11-12,19H,4-5,10,13H2,1-3H3/t19-/m1/s1. The Hall–Kier alpha value is -2.76. The van der Waals surface area contributed by atoms with Gasteiger partial charge in [0.15, 0.2) is 5.58 Å². The van der Waals surface area contributed by atoms with Gasteiger partial charge in [0.1, 0.15) is 23.2 Å². The summed E-state index contributed by atoms with van der Waals surface area (Å²) in [6.45, 7) is 6.84. The van der Waals surface area contributed by atoms with Gasteiger partial charge in [0.05, 0.1) is 0 Å². The Morgan fingerprint density at radius 2 is 2.00 bits per heavy atom. The highest BCUT2D eigenvalue weighted by Crippen LogP contribution is 2.36. The van der Waals surface area contributed by atoms with Crippen LogP contribution in [-0.2, 0) is 4.79 Å². The first kappa shape index (κ1) is 19.6. The van der Waals surface area contributed by atoms with Crippen LogP contribution in [0.1, 0.15) is 52.0 Å². The molecule has 1 fully saturated rings. The average Bonchev–Trinajstić information content (AvgIpc) is 3.26. The number of oxazole rings is 1. The maximum Gasteiger partial charge on any atom is 0.223 e. The van der Waals surface area contributed by atoms with E-state index < -0.39 is 11.6 Å². The molecule has 3 aromatic rings. The van der Waals surface area contributed by atoms with Gasteiger partial charge in [0, 0.05) is 24.6 Å². The number of hydrogen-bond acceptors (Lipinski definition) is 3. The van der Waals surface area contributed by atoms with Crippen LogP contribution in [0, 0.1) is 17.0 Å². The highest BCUT2D eigenvalue weighted by atomic mass is 19.1. The Morgan fingerprint density at radius 3 is 2.72 bits per heavy atom. The Labute approximate surface area is 168 Å². The fourth-order valence-corrected chi connectivity index (χ4v) is 3.86. The third kappa shape index (κ3) is 4.02. The van der Waals surface area contributed by atoms with Crippen LogP contribution in [0.4, 0.5) is 8.78 Å². The molecule has 0 saturated carbocycles. The predicted molar refractivity (Wildman–Crippen MR) is 107 cm³/mol. The third-order valence-corrected chi connectivity index (χ3v) is 5.19. The minimum absolute atomic E-state index is 0.0837. The molecule has 1 atom stereocenters. The number of carbonyl (C=O) groups is 1. The van der Waals surface area contributed by atoms with Crippen molar-refractivity contribution >= 4 is 17.0 Å². The van der Waals surface area contributed by atoms with E-state index in [9.17, 15) is 13.6 Å². The lowest BCUT2D eigenvalue weighted by atomic mass is 9.91. The monoisotopic (exact) mass is 398 g/mol. The van der Waals surface area contributed by atoms with Gasteiger partial charge in [-0.1, -0.05) is 26.8 Å². The molecule has 4 rings (SSSR count). The molecule has 0 N–H and O–H groups in total. The van der Waals surface area contributed by atoms with Gasteiger partial charge in [-0.2, -0.15) is 0 Å². The van der Waals surface area contributed by atoms with Crippen molar-refractivity contribution < 1.29 is 18.0 Å². The number of likely N-dealkylation sites (tertiary alicyclic amines) is 1. The number of hydrogen-bond donors (Lipinski definition) is 0. The summed E-state index contributed by atoms with van der Waals surface area (Å²) >= 11 is 0. The van der Waals surface area contributed by atoms with Crippen LogP contribution in [0.25, 0.3) is 22.2 Å². The lowest BCUT2D eigenvalue weighted by molar-refractivity contribution is -0.134. The van der Waals surface area contributed by atoms with Crippen molar-refractivity contribution in [2.45, 2.75) is 46.1 Å². The summed E-state index contributed by atoms with van der Waals surface area (Å²) in [7, 11) is 0. The molecule has 1 aromatic heterocycles. The number of rotatable bonds is 3. The average molecular weight is 398 g/mol. The second-order valence-electron chi connectivity index (χ2n) is 8.84. The fourth-order valence-electron chi connectivity index (χ4n) is 3.86. The summed E-state index contributed by atoms with van der Waals surface area (Å²) in [6, 6.07) is 8.53. The summed E-state index contributed by atoms with van der Waals surface area (Å²) in [5, 5.41) is 0. The predicted octanol–water partition coefficient (Wildman–Crippen LogP) is 5.87. The van der Waals surface area contributed by atoms with Gasteiger partial charge in [-0.05, 0) is 48.1 Å². The number of amides is 1. The molecular formula is C23H24F2N2O2. The van der Waals surface area contributed by atoms with Gasteiger partial charge in [-0.25, -0.2) is 13.8 Å². The Balaban J connectivity index is 1.64. The molecular weight excluding hydrogens is 374 g/mol. The van der Waals surface area contributed by atoms with E-state index in [4.69, 9.17) is 4.42 Å². The molecule has 4 nitrogen and oxygen atoms in total. The quantitative estimate of drug-likeness (QED) is 0.554. The number of aromatic nitrogens is 1. The van der Waals surface area contributed by atoms with Gasteiger partial charge in [0.25, 0.3) is 0 Å². The van der Waals surface area contributed by atoms with Crippen molar-refractivity contribution in [2.75, 3.05) is 6.54 Å². The number of benzene rings is 2. The van der Waals surface area contributed by atoms with Crippen molar-refractivity contribution in [3.63, 3.8) is 0 Å². The van der Waals surface area contributed by atoms with Crippen LogP contribution < -0.4 is 0 Å². The Bertz CT molecular complexity index is 1070. The summed E-state index contributed by atoms with van der Waals surface area (Å²) in [6.07, 6.45) is 2.19. The maximum absolute atomic E-state index is 14.1. The van der Waals surface area contributed by atoms with Crippen LogP contribution >= 0.6 is 0 Å². The van der Waals surface area contributed by atoms with Gasteiger partial charge < -0.3 is 9.32 Å². The molecule has 2 heterocycles. The summed E-state index contributed by atoms with van der Waals surface area (Å²) in [4.78, 5) is 19.2. The molecule has 1 amide bonds. The molecule has 2 aromatic carbocycles. The van der Waals surface area contributed by atoms with E-state index in [1.807, 2.05) is 25.7 Å². The lowest BCUT2D eigenvalue weighted by Gasteiger charge is -2.26. The van der Waals surface area contributed by atoms with Gasteiger partial charge in [-0.15, -0.1) is 0 Å².